The van der Waals surface area contributed by atoms with Crippen molar-refractivity contribution in [3.8, 4) is 0 Å². The lowest BCUT2D eigenvalue weighted by atomic mass is 9.84. The minimum absolute atomic E-state index is 1.11. The van der Waals surface area contributed by atoms with Gasteiger partial charge in [-0.05, 0) is 92.5 Å². The minimum Gasteiger partial charge on any atom is -0.254 e. The first-order chi connectivity index (χ1) is 19.2. The average Bonchev–Trinajstić information content (AvgIpc) is 2.95. The van der Waals surface area contributed by atoms with E-state index in [0.29, 0.717) is 0 Å². The van der Waals surface area contributed by atoms with Gasteiger partial charge in [-0.2, -0.15) is 0 Å². The fourth-order valence-electron chi connectivity index (χ4n) is 6.46. The topological polar surface area (TPSA) is 25.8 Å². The Hall–Kier alpha value is -1.96. The number of pyridine rings is 2. The molecule has 1 aromatic carbocycles. The maximum atomic E-state index is 5.61. The van der Waals surface area contributed by atoms with Crippen LogP contribution in [-0.4, -0.2) is 9.97 Å². The SMILES string of the molecule is CCCCCc1nc2c(c(CCCCC)c1CCCCC)c(CCCCC)c(CCCCC)c1cccnc12. The summed E-state index contributed by atoms with van der Waals surface area (Å²) in [7, 11) is 0. The zero-order valence-corrected chi connectivity index (χ0v) is 26.3. The summed E-state index contributed by atoms with van der Waals surface area (Å²) < 4.78 is 0. The van der Waals surface area contributed by atoms with E-state index in [2.05, 4.69) is 46.8 Å². The molecule has 2 heterocycles. The van der Waals surface area contributed by atoms with Gasteiger partial charge in [0.05, 0.1) is 11.0 Å². The molecule has 3 aromatic rings. The highest BCUT2D eigenvalue weighted by atomic mass is 14.8. The molecule has 0 fully saturated rings. The molecule has 0 saturated heterocycles. The molecule has 2 aromatic heterocycles. The molecular weight excluding hydrogens is 472 g/mol. The second-order valence-corrected chi connectivity index (χ2v) is 11.9. The van der Waals surface area contributed by atoms with E-state index in [4.69, 9.17) is 9.97 Å². The van der Waals surface area contributed by atoms with Crippen molar-refractivity contribution < 1.29 is 0 Å². The molecule has 0 aliphatic heterocycles. The molecule has 0 aliphatic carbocycles. The molecule has 0 radical (unpaired) electrons. The first-order valence-electron chi connectivity index (χ1n) is 16.9. The molecule has 3 rings (SSSR count). The number of aryl methyl sites for hydroxylation is 4. The van der Waals surface area contributed by atoms with Crippen LogP contribution in [0.4, 0.5) is 0 Å². The minimum atomic E-state index is 1.11. The van der Waals surface area contributed by atoms with Gasteiger partial charge in [0.1, 0.15) is 0 Å². The molecule has 0 amide bonds. The molecular formula is C37H58N2. The lowest BCUT2D eigenvalue weighted by Gasteiger charge is -2.23. The van der Waals surface area contributed by atoms with E-state index >= 15 is 0 Å². The lowest BCUT2D eigenvalue weighted by Crippen LogP contribution is -2.10. The Bertz CT molecular complexity index is 1130. The Kier molecular flexibility index (Phi) is 14.3. The second kappa shape index (κ2) is 17.7. The van der Waals surface area contributed by atoms with Crippen LogP contribution in [0.3, 0.4) is 0 Å². The van der Waals surface area contributed by atoms with Crippen molar-refractivity contribution in [2.24, 2.45) is 0 Å². The van der Waals surface area contributed by atoms with Crippen LogP contribution in [0.1, 0.15) is 159 Å². The Morgan fingerprint density at radius 2 is 0.949 bits per heavy atom. The van der Waals surface area contributed by atoms with Crippen LogP contribution in [0.25, 0.3) is 21.8 Å². The van der Waals surface area contributed by atoms with Crippen LogP contribution in [0, 0.1) is 0 Å². The van der Waals surface area contributed by atoms with Gasteiger partial charge >= 0.3 is 0 Å². The maximum Gasteiger partial charge on any atom is 0.0973 e. The van der Waals surface area contributed by atoms with Crippen molar-refractivity contribution in [2.45, 2.75) is 163 Å². The summed E-state index contributed by atoms with van der Waals surface area (Å²) in [6.45, 7) is 11.6. The van der Waals surface area contributed by atoms with Crippen molar-refractivity contribution in [1.29, 1.82) is 0 Å². The highest BCUT2D eigenvalue weighted by molar-refractivity contribution is 6.08. The maximum absolute atomic E-state index is 5.61. The number of fused-ring (bicyclic) bond motifs is 3. The number of nitrogens with zero attached hydrogens (tertiary/aromatic N) is 2. The standard InChI is InChI=1S/C37H58N2/c1-6-11-16-22-29-31(24-18-13-8-3)35-32(25-19-14-9-4)30(23-17-12-7-2)34(27-20-15-10-5)39-37(35)36-33(29)26-21-28-38-36/h21,26,28H,6-20,22-25,27H2,1-5H3. The van der Waals surface area contributed by atoms with Gasteiger partial charge in [0.2, 0.25) is 0 Å². The largest absolute Gasteiger partial charge is 0.254 e. The first-order valence-corrected chi connectivity index (χ1v) is 16.9. The number of hydrogen-bond donors (Lipinski definition) is 0. The number of unbranched alkanes of at least 4 members (excludes halogenated alkanes) is 10. The second-order valence-electron chi connectivity index (χ2n) is 11.9. The Morgan fingerprint density at radius 1 is 0.487 bits per heavy atom. The Balaban J connectivity index is 2.37. The lowest BCUT2D eigenvalue weighted by molar-refractivity contribution is 0.671. The quantitative estimate of drug-likeness (QED) is 0.107. The van der Waals surface area contributed by atoms with Crippen molar-refractivity contribution in [2.75, 3.05) is 0 Å². The van der Waals surface area contributed by atoms with Gasteiger partial charge in [-0.3, -0.25) is 9.97 Å². The molecule has 2 nitrogen and oxygen atoms in total. The number of rotatable bonds is 20. The molecule has 0 unspecified atom stereocenters. The van der Waals surface area contributed by atoms with E-state index in [1.165, 1.54) is 144 Å². The molecule has 2 heteroatoms. The molecule has 0 atom stereocenters. The summed E-state index contributed by atoms with van der Waals surface area (Å²) in [6.07, 6.45) is 27.1. The monoisotopic (exact) mass is 530 g/mol. The fourth-order valence-corrected chi connectivity index (χ4v) is 6.46. The van der Waals surface area contributed by atoms with Crippen molar-refractivity contribution >= 4 is 21.8 Å². The number of benzene rings is 1. The van der Waals surface area contributed by atoms with E-state index in [-0.39, 0.29) is 0 Å². The predicted octanol–water partition coefficient (Wildman–Crippen LogP) is 11.4. The van der Waals surface area contributed by atoms with Crippen LogP contribution >= 0.6 is 0 Å². The van der Waals surface area contributed by atoms with Crippen LogP contribution < -0.4 is 0 Å². The van der Waals surface area contributed by atoms with Gasteiger partial charge in [0, 0.05) is 22.7 Å². The molecule has 216 valence electrons. The van der Waals surface area contributed by atoms with Gasteiger partial charge in [-0.25, -0.2) is 0 Å². The molecule has 0 spiro atoms. The highest BCUT2D eigenvalue weighted by Crippen LogP contribution is 2.38. The van der Waals surface area contributed by atoms with Gasteiger partial charge in [0.15, 0.2) is 0 Å². The summed E-state index contributed by atoms with van der Waals surface area (Å²) >= 11 is 0. The van der Waals surface area contributed by atoms with Gasteiger partial charge in [0.25, 0.3) is 0 Å². The Morgan fingerprint density at radius 3 is 1.49 bits per heavy atom. The normalized spacial score (nSPS) is 11.7. The first kappa shape index (κ1) is 31.6. The van der Waals surface area contributed by atoms with Gasteiger partial charge in [-0.1, -0.05) is 105 Å². The van der Waals surface area contributed by atoms with Gasteiger partial charge < -0.3 is 0 Å². The Labute approximate surface area is 240 Å². The molecule has 0 N–H and O–H groups in total. The van der Waals surface area contributed by atoms with Crippen molar-refractivity contribution in [3.63, 3.8) is 0 Å². The van der Waals surface area contributed by atoms with Crippen LogP contribution in [0.5, 0.6) is 0 Å². The summed E-state index contributed by atoms with van der Waals surface area (Å²) in [6, 6.07) is 4.49. The molecule has 0 aliphatic rings. The number of aromatic nitrogens is 2. The third-order valence-corrected chi connectivity index (χ3v) is 8.66. The zero-order chi connectivity index (χ0) is 27.9. The number of hydrogen-bond acceptors (Lipinski definition) is 2. The molecule has 0 saturated carbocycles. The predicted molar refractivity (Wildman–Crippen MR) is 173 cm³/mol. The summed E-state index contributed by atoms with van der Waals surface area (Å²) in [4.78, 5) is 10.7. The van der Waals surface area contributed by atoms with Crippen LogP contribution in [0.2, 0.25) is 0 Å². The third-order valence-electron chi connectivity index (χ3n) is 8.66. The summed E-state index contributed by atoms with van der Waals surface area (Å²) in [5.74, 6) is 0. The van der Waals surface area contributed by atoms with Gasteiger partial charge in [-0.15, -0.1) is 0 Å². The smallest absolute Gasteiger partial charge is 0.0973 e. The third kappa shape index (κ3) is 8.51. The van der Waals surface area contributed by atoms with E-state index < -0.39 is 0 Å². The zero-order valence-electron chi connectivity index (χ0n) is 26.3. The van der Waals surface area contributed by atoms with E-state index in [1.807, 2.05) is 6.20 Å². The van der Waals surface area contributed by atoms with Crippen LogP contribution in [0.15, 0.2) is 18.3 Å². The van der Waals surface area contributed by atoms with Crippen LogP contribution in [-0.2, 0) is 32.1 Å². The fraction of sp³-hybridized carbons (Fsp3) is 0.676. The molecule has 0 bridgehead atoms. The summed E-state index contributed by atoms with van der Waals surface area (Å²) in [5, 5.41) is 2.89. The van der Waals surface area contributed by atoms with E-state index in [0.717, 1.165) is 11.9 Å². The summed E-state index contributed by atoms with van der Waals surface area (Å²) in [5.41, 5.74) is 10.3. The molecule has 39 heavy (non-hydrogen) atoms. The average molecular weight is 531 g/mol. The van der Waals surface area contributed by atoms with E-state index in [1.54, 1.807) is 22.3 Å². The van der Waals surface area contributed by atoms with Crippen molar-refractivity contribution in [3.05, 3.63) is 46.3 Å². The highest BCUT2D eigenvalue weighted by Gasteiger charge is 2.23. The van der Waals surface area contributed by atoms with Crippen molar-refractivity contribution in [1.82, 2.24) is 9.97 Å². The van der Waals surface area contributed by atoms with E-state index in [9.17, 15) is 0 Å².